The Morgan fingerprint density at radius 2 is 2.11 bits per heavy atom. The van der Waals surface area contributed by atoms with Crippen LogP contribution in [0.5, 0.6) is 0 Å². The number of benzene rings is 1. The van der Waals surface area contributed by atoms with E-state index >= 15 is 0 Å². The lowest BCUT2D eigenvalue weighted by atomic mass is 10.2. The fraction of sp³-hybridized carbons (Fsp3) is 0.231. The minimum atomic E-state index is 0.532. The van der Waals surface area contributed by atoms with Crippen molar-refractivity contribution in [3.63, 3.8) is 0 Å². The van der Waals surface area contributed by atoms with Crippen LogP contribution in [-0.2, 0) is 6.42 Å². The maximum Gasteiger partial charge on any atom is 0.161 e. The van der Waals surface area contributed by atoms with Gasteiger partial charge in [0.25, 0.3) is 0 Å². The summed E-state index contributed by atoms with van der Waals surface area (Å²) in [6.07, 6.45) is 1.96. The fourth-order valence-corrected chi connectivity index (χ4v) is 2.72. The summed E-state index contributed by atoms with van der Waals surface area (Å²) in [7, 11) is 0. The van der Waals surface area contributed by atoms with Crippen LogP contribution in [0.1, 0.15) is 19.0 Å². The largest absolute Gasteiger partial charge is 0.232 e. The molecule has 0 unspecified atom stereocenters. The molecule has 0 saturated carbocycles. The van der Waals surface area contributed by atoms with Crippen LogP contribution in [0.4, 0.5) is 0 Å². The van der Waals surface area contributed by atoms with Crippen molar-refractivity contribution in [2.45, 2.75) is 19.8 Å². The zero-order chi connectivity index (χ0) is 13.1. The Kier molecular flexibility index (Phi) is 4.98. The molecule has 1 aromatic heterocycles. The lowest BCUT2D eigenvalue weighted by Crippen LogP contribution is -2.00. The molecule has 0 bridgehead atoms. The van der Waals surface area contributed by atoms with Crippen molar-refractivity contribution in [3.05, 3.63) is 43.2 Å². The Morgan fingerprint density at radius 1 is 1.33 bits per heavy atom. The number of aromatic nitrogens is 2. The van der Waals surface area contributed by atoms with Gasteiger partial charge in [0.2, 0.25) is 0 Å². The first-order chi connectivity index (χ1) is 8.61. The smallest absolute Gasteiger partial charge is 0.161 e. The molecule has 0 atom stereocenters. The lowest BCUT2D eigenvalue weighted by molar-refractivity contribution is 0.867. The molecular formula is C13H11BrClIN2. The highest BCUT2D eigenvalue weighted by molar-refractivity contribution is 14.1. The summed E-state index contributed by atoms with van der Waals surface area (Å²) in [6, 6.07) is 7.92. The Labute approximate surface area is 133 Å². The van der Waals surface area contributed by atoms with Gasteiger partial charge < -0.3 is 0 Å². The van der Waals surface area contributed by atoms with Gasteiger partial charge in [-0.1, -0.05) is 53.0 Å². The van der Waals surface area contributed by atoms with Gasteiger partial charge in [-0.3, -0.25) is 0 Å². The fourth-order valence-electron chi connectivity index (χ4n) is 1.62. The summed E-state index contributed by atoms with van der Waals surface area (Å²) in [5.74, 6) is 0.685. The summed E-state index contributed by atoms with van der Waals surface area (Å²) in [5.41, 5.74) is 1.99. The minimum absolute atomic E-state index is 0.532. The van der Waals surface area contributed by atoms with E-state index in [9.17, 15) is 0 Å². The molecule has 2 rings (SSSR count). The van der Waals surface area contributed by atoms with Crippen LogP contribution in [0.3, 0.4) is 0 Å². The van der Waals surface area contributed by atoms with E-state index in [1.54, 1.807) is 0 Å². The predicted molar refractivity (Wildman–Crippen MR) is 86.9 cm³/mol. The van der Waals surface area contributed by atoms with Crippen LogP contribution in [-0.4, -0.2) is 9.97 Å². The van der Waals surface area contributed by atoms with E-state index in [0.717, 1.165) is 32.1 Å². The van der Waals surface area contributed by atoms with E-state index in [4.69, 9.17) is 11.6 Å². The molecule has 0 radical (unpaired) electrons. The summed E-state index contributed by atoms with van der Waals surface area (Å²) < 4.78 is 1.96. The van der Waals surface area contributed by atoms with Crippen molar-refractivity contribution in [2.24, 2.45) is 0 Å². The standard InChI is InChI=1S/C13H11BrClIN2/c1-2-4-10-11(16)12(15)18-13(17-10)8-5-3-6-9(14)7-8/h3,5-7H,2,4H2,1H3. The molecule has 94 valence electrons. The van der Waals surface area contributed by atoms with Crippen LogP contribution in [0.25, 0.3) is 11.4 Å². The van der Waals surface area contributed by atoms with E-state index in [2.05, 4.69) is 55.4 Å². The number of hydrogen-bond acceptors (Lipinski definition) is 2. The Hall–Kier alpha value is -0.200. The molecule has 0 spiro atoms. The van der Waals surface area contributed by atoms with Crippen molar-refractivity contribution in [3.8, 4) is 11.4 Å². The van der Waals surface area contributed by atoms with Gasteiger partial charge in [0.1, 0.15) is 5.15 Å². The monoisotopic (exact) mass is 436 g/mol. The molecule has 0 aliphatic rings. The van der Waals surface area contributed by atoms with Crippen molar-refractivity contribution < 1.29 is 0 Å². The molecule has 0 amide bonds. The number of nitrogens with zero attached hydrogens (tertiary/aromatic N) is 2. The van der Waals surface area contributed by atoms with E-state index in [1.165, 1.54) is 0 Å². The summed E-state index contributed by atoms with van der Waals surface area (Å²) in [5, 5.41) is 0.532. The number of aryl methyl sites for hydroxylation is 1. The topological polar surface area (TPSA) is 25.8 Å². The summed E-state index contributed by atoms with van der Waals surface area (Å²) in [4.78, 5) is 8.96. The van der Waals surface area contributed by atoms with Crippen molar-refractivity contribution >= 4 is 50.1 Å². The van der Waals surface area contributed by atoms with Gasteiger partial charge in [-0.25, -0.2) is 9.97 Å². The van der Waals surface area contributed by atoms with Gasteiger partial charge in [-0.15, -0.1) is 0 Å². The molecule has 0 fully saturated rings. The van der Waals surface area contributed by atoms with Crippen LogP contribution >= 0.6 is 50.1 Å². The van der Waals surface area contributed by atoms with Crippen LogP contribution in [0.15, 0.2) is 28.7 Å². The third kappa shape index (κ3) is 3.22. The van der Waals surface area contributed by atoms with Gasteiger partial charge in [0, 0.05) is 10.0 Å². The predicted octanol–water partition coefficient (Wildman–Crippen LogP) is 5.12. The summed E-state index contributed by atoms with van der Waals surface area (Å²) in [6.45, 7) is 2.13. The molecule has 1 aromatic carbocycles. The molecular weight excluding hydrogens is 426 g/mol. The molecule has 1 heterocycles. The highest BCUT2D eigenvalue weighted by Crippen LogP contribution is 2.26. The Bertz CT molecular complexity index is 575. The SMILES string of the molecule is CCCc1nc(-c2cccc(Br)c2)nc(Cl)c1I. The normalized spacial score (nSPS) is 10.7. The van der Waals surface area contributed by atoms with Crippen molar-refractivity contribution in [1.29, 1.82) is 0 Å². The number of hydrogen-bond donors (Lipinski definition) is 0. The first-order valence-corrected chi connectivity index (χ1v) is 7.84. The van der Waals surface area contributed by atoms with Gasteiger partial charge in [0.15, 0.2) is 5.82 Å². The number of halogens is 3. The van der Waals surface area contributed by atoms with Crippen molar-refractivity contribution in [1.82, 2.24) is 9.97 Å². The molecule has 2 nitrogen and oxygen atoms in total. The van der Waals surface area contributed by atoms with Crippen LogP contribution in [0, 0.1) is 3.57 Å². The van der Waals surface area contributed by atoms with E-state index < -0.39 is 0 Å². The highest BCUT2D eigenvalue weighted by Gasteiger charge is 2.11. The van der Waals surface area contributed by atoms with Gasteiger partial charge in [0.05, 0.1) is 9.26 Å². The molecule has 5 heteroatoms. The zero-order valence-corrected chi connectivity index (χ0v) is 14.3. The highest BCUT2D eigenvalue weighted by atomic mass is 127. The molecule has 0 saturated heterocycles. The minimum Gasteiger partial charge on any atom is -0.232 e. The number of rotatable bonds is 3. The first-order valence-electron chi connectivity index (χ1n) is 5.59. The maximum atomic E-state index is 6.17. The van der Waals surface area contributed by atoms with E-state index in [-0.39, 0.29) is 0 Å². The molecule has 18 heavy (non-hydrogen) atoms. The Balaban J connectivity index is 2.51. The second kappa shape index (κ2) is 6.30. The van der Waals surface area contributed by atoms with Gasteiger partial charge >= 0.3 is 0 Å². The molecule has 0 aliphatic heterocycles. The van der Waals surface area contributed by atoms with E-state index in [1.807, 2.05) is 24.3 Å². The third-order valence-corrected chi connectivity index (χ3v) is 4.67. The molecule has 2 aromatic rings. The quantitative estimate of drug-likeness (QED) is 0.492. The van der Waals surface area contributed by atoms with Crippen molar-refractivity contribution in [2.75, 3.05) is 0 Å². The average Bonchev–Trinajstić information content (AvgIpc) is 2.35. The van der Waals surface area contributed by atoms with Crippen LogP contribution < -0.4 is 0 Å². The van der Waals surface area contributed by atoms with Gasteiger partial charge in [-0.2, -0.15) is 0 Å². The molecule has 0 aliphatic carbocycles. The Morgan fingerprint density at radius 3 is 2.78 bits per heavy atom. The first kappa shape index (κ1) is 14.2. The zero-order valence-electron chi connectivity index (χ0n) is 9.75. The van der Waals surface area contributed by atoms with E-state index in [0.29, 0.717) is 11.0 Å². The second-order valence-electron chi connectivity index (χ2n) is 3.86. The maximum absolute atomic E-state index is 6.17. The van der Waals surface area contributed by atoms with Gasteiger partial charge in [-0.05, 0) is 41.1 Å². The second-order valence-corrected chi connectivity index (χ2v) is 6.21. The summed E-state index contributed by atoms with van der Waals surface area (Å²) >= 11 is 11.8. The average molecular weight is 438 g/mol. The third-order valence-electron chi connectivity index (χ3n) is 2.45. The van der Waals surface area contributed by atoms with Crippen LogP contribution in [0.2, 0.25) is 5.15 Å². The molecule has 0 N–H and O–H groups in total. The lowest BCUT2D eigenvalue weighted by Gasteiger charge is -2.07.